The molecule has 0 amide bonds. The van der Waals surface area contributed by atoms with Gasteiger partial charge >= 0.3 is 5.97 Å². The first kappa shape index (κ1) is 20.5. The van der Waals surface area contributed by atoms with Gasteiger partial charge in [-0.3, -0.25) is 0 Å². The molecule has 0 saturated carbocycles. The highest BCUT2D eigenvalue weighted by atomic mass is 16.4. The molecule has 126 valence electrons. The van der Waals surface area contributed by atoms with Crippen molar-refractivity contribution < 1.29 is 9.90 Å². The maximum atomic E-state index is 10.2. The molecule has 0 bridgehead atoms. The lowest BCUT2D eigenvalue weighted by atomic mass is 10.2. The van der Waals surface area contributed by atoms with Crippen LogP contribution < -0.4 is 27.4 Å². The number of carboxylic acid groups (broad SMARTS) is 1. The molecule has 0 atom stereocenters. The first-order valence-electron chi connectivity index (χ1n) is 7.53. The summed E-state index contributed by atoms with van der Waals surface area (Å²) in [5.74, 6) is -0.879. The van der Waals surface area contributed by atoms with Crippen molar-refractivity contribution in [2.45, 2.75) is 0 Å². The second-order valence-electron chi connectivity index (χ2n) is 4.50. The number of aromatic carboxylic acids is 1. The molecule has 22 heavy (non-hydrogen) atoms. The van der Waals surface area contributed by atoms with Gasteiger partial charge in [0.15, 0.2) is 0 Å². The molecule has 7 nitrogen and oxygen atoms in total. The normalized spacial score (nSPS) is 9.91. The summed E-state index contributed by atoms with van der Waals surface area (Å²) in [4.78, 5) is 10.2. The van der Waals surface area contributed by atoms with Gasteiger partial charge in [0.25, 0.3) is 0 Å². The van der Waals surface area contributed by atoms with Crippen molar-refractivity contribution in [3.63, 3.8) is 0 Å². The van der Waals surface area contributed by atoms with Crippen LogP contribution in [0.5, 0.6) is 0 Å². The van der Waals surface area contributed by atoms with Crippen molar-refractivity contribution in [3.05, 3.63) is 35.9 Å². The molecule has 0 radical (unpaired) electrons. The van der Waals surface area contributed by atoms with Gasteiger partial charge in [-0.05, 0) is 12.1 Å². The zero-order chi connectivity index (χ0) is 16.5. The molecule has 0 aliphatic rings. The van der Waals surface area contributed by atoms with Gasteiger partial charge in [-0.15, -0.1) is 0 Å². The van der Waals surface area contributed by atoms with E-state index in [1.807, 2.05) is 0 Å². The largest absolute Gasteiger partial charge is 0.478 e. The zero-order valence-electron chi connectivity index (χ0n) is 13.1. The highest BCUT2D eigenvalue weighted by Gasteiger charge is 1.96. The van der Waals surface area contributed by atoms with Gasteiger partial charge in [-0.25, -0.2) is 4.79 Å². The predicted molar refractivity (Wildman–Crippen MR) is 90.1 cm³/mol. The quantitative estimate of drug-likeness (QED) is 0.291. The number of hydrogen-bond donors (Lipinski definition) is 6. The monoisotopic (exact) mass is 311 g/mol. The third-order valence-corrected chi connectivity index (χ3v) is 2.62. The minimum atomic E-state index is -0.879. The first-order valence-corrected chi connectivity index (χ1v) is 7.53. The van der Waals surface area contributed by atoms with E-state index in [0.29, 0.717) is 18.7 Å². The van der Waals surface area contributed by atoms with E-state index >= 15 is 0 Å². The Morgan fingerprint density at radius 1 is 0.818 bits per heavy atom. The Morgan fingerprint density at radius 3 is 1.55 bits per heavy atom. The number of carbonyl (C=O) groups is 1. The van der Waals surface area contributed by atoms with Crippen molar-refractivity contribution in [3.8, 4) is 0 Å². The van der Waals surface area contributed by atoms with Crippen molar-refractivity contribution >= 4 is 5.97 Å². The fourth-order valence-electron chi connectivity index (χ4n) is 1.51. The SMILES string of the molecule is NCCNCCNCCNCCN.O=C(O)c1ccccc1. The summed E-state index contributed by atoms with van der Waals surface area (Å²) in [6.07, 6.45) is 0. The van der Waals surface area contributed by atoms with Crippen LogP contribution in [0.4, 0.5) is 0 Å². The van der Waals surface area contributed by atoms with Gasteiger partial charge in [-0.1, -0.05) is 18.2 Å². The highest BCUT2D eigenvalue weighted by molar-refractivity contribution is 5.87. The number of rotatable bonds is 11. The minimum Gasteiger partial charge on any atom is -0.478 e. The van der Waals surface area contributed by atoms with Crippen molar-refractivity contribution in [2.75, 3.05) is 52.4 Å². The van der Waals surface area contributed by atoms with Crippen LogP contribution in [0.25, 0.3) is 0 Å². The third-order valence-electron chi connectivity index (χ3n) is 2.62. The average molecular weight is 311 g/mol. The molecule has 8 N–H and O–H groups in total. The van der Waals surface area contributed by atoms with E-state index in [4.69, 9.17) is 16.6 Å². The Morgan fingerprint density at radius 2 is 1.23 bits per heavy atom. The molecule has 0 aromatic heterocycles. The van der Waals surface area contributed by atoms with Crippen LogP contribution in [0, 0.1) is 0 Å². The molecular formula is C15H29N5O2. The maximum absolute atomic E-state index is 10.2. The van der Waals surface area contributed by atoms with Gasteiger partial charge < -0.3 is 32.5 Å². The summed E-state index contributed by atoms with van der Waals surface area (Å²) >= 11 is 0. The van der Waals surface area contributed by atoms with Crippen molar-refractivity contribution in [1.29, 1.82) is 0 Å². The molecule has 0 fully saturated rings. The summed E-state index contributed by atoms with van der Waals surface area (Å²) in [6, 6.07) is 8.30. The van der Waals surface area contributed by atoms with Crippen LogP contribution in [0.3, 0.4) is 0 Å². The second kappa shape index (κ2) is 15.9. The van der Waals surface area contributed by atoms with E-state index in [0.717, 1.165) is 39.3 Å². The van der Waals surface area contributed by atoms with Crippen LogP contribution >= 0.6 is 0 Å². The summed E-state index contributed by atoms with van der Waals surface area (Å²) < 4.78 is 0. The molecule has 0 saturated heterocycles. The Labute approximate surface area is 132 Å². The van der Waals surface area contributed by atoms with E-state index in [1.165, 1.54) is 0 Å². The fraction of sp³-hybridized carbons (Fsp3) is 0.533. The molecule has 0 aliphatic heterocycles. The molecule has 1 aromatic carbocycles. The van der Waals surface area contributed by atoms with Crippen LogP contribution in [0.15, 0.2) is 30.3 Å². The van der Waals surface area contributed by atoms with Crippen LogP contribution in [-0.2, 0) is 0 Å². The molecule has 0 heterocycles. The second-order valence-corrected chi connectivity index (χ2v) is 4.50. The van der Waals surface area contributed by atoms with Gasteiger partial charge in [-0.2, -0.15) is 0 Å². The zero-order valence-corrected chi connectivity index (χ0v) is 13.1. The number of hydrogen-bond acceptors (Lipinski definition) is 6. The van der Waals surface area contributed by atoms with E-state index in [1.54, 1.807) is 30.3 Å². The summed E-state index contributed by atoms with van der Waals surface area (Å²) in [6.45, 7) is 7.15. The highest BCUT2D eigenvalue weighted by Crippen LogP contribution is 1.96. The molecule has 1 aromatic rings. The van der Waals surface area contributed by atoms with Crippen LogP contribution in [0.1, 0.15) is 10.4 Å². The maximum Gasteiger partial charge on any atom is 0.335 e. The van der Waals surface area contributed by atoms with Gasteiger partial charge in [0.05, 0.1) is 5.56 Å². The molecular weight excluding hydrogens is 282 g/mol. The number of nitrogens with one attached hydrogen (secondary N) is 3. The summed E-state index contributed by atoms with van der Waals surface area (Å²) in [5.41, 5.74) is 11.0. The van der Waals surface area contributed by atoms with Crippen molar-refractivity contribution in [2.24, 2.45) is 11.5 Å². The third kappa shape index (κ3) is 13.5. The standard InChI is InChI=1S/C8H23N5.C7H6O2/c9-1-3-11-5-7-13-8-6-12-4-2-10;8-7(9)6-4-2-1-3-5-6/h11-13H,1-10H2;1-5H,(H,8,9). The lowest BCUT2D eigenvalue weighted by Crippen LogP contribution is -2.35. The summed E-state index contributed by atoms with van der Waals surface area (Å²) in [7, 11) is 0. The first-order chi connectivity index (χ1) is 10.7. The van der Waals surface area contributed by atoms with E-state index in [9.17, 15) is 4.79 Å². The Bertz CT molecular complexity index is 352. The van der Waals surface area contributed by atoms with Crippen LogP contribution in [-0.4, -0.2) is 63.4 Å². The smallest absolute Gasteiger partial charge is 0.335 e. The van der Waals surface area contributed by atoms with E-state index < -0.39 is 5.97 Å². The Kier molecular flexibility index (Phi) is 14.8. The lowest BCUT2D eigenvalue weighted by molar-refractivity contribution is 0.0697. The topological polar surface area (TPSA) is 125 Å². The van der Waals surface area contributed by atoms with Gasteiger partial charge in [0.2, 0.25) is 0 Å². The number of benzene rings is 1. The Hall–Kier alpha value is -1.51. The Balaban J connectivity index is 0.000000425. The van der Waals surface area contributed by atoms with E-state index in [-0.39, 0.29) is 0 Å². The van der Waals surface area contributed by atoms with Crippen molar-refractivity contribution in [1.82, 2.24) is 16.0 Å². The molecule has 0 unspecified atom stereocenters. The molecule has 0 spiro atoms. The lowest BCUT2D eigenvalue weighted by Gasteiger charge is -2.06. The molecule has 7 heteroatoms. The minimum absolute atomic E-state index is 0.331. The van der Waals surface area contributed by atoms with Gasteiger partial charge in [0.1, 0.15) is 0 Å². The summed E-state index contributed by atoms with van der Waals surface area (Å²) in [5, 5.41) is 18.1. The number of carboxylic acids is 1. The fourth-order valence-corrected chi connectivity index (χ4v) is 1.51. The van der Waals surface area contributed by atoms with Crippen LogP contribution in [0.2, 0.25) is 0 Å². The van der Waals surface area contributed by atoms with E-state index in [2.05, 4.69) is 16.0 Å². The molecule has 0 aliphatic carbocycles. The number of nitrogens with two attached hydrogens (primary N) is 2. The van der Waals surface area contributed by atoms with Gasteiger partial charge in [0, 0.05) is 52.4 Å². The average Bonchev–Trinajstić information content (AvgIpc) is 2.55. The molecule has 1 rings (SSSR count). The predicted octanol–water partition coefficient (Wildman–Crippen LogP) is -0.943.